The lowest BCUT2D eigenvalue weighted by molar-refractivity contribution is 0.302. The van der Waals surface area contributed by atoms with Crippen LogP contribution in [0.2, 0.25) is 0 Å². The molecule has 1 aromatic carbocycles. The third kappa shape index (κ3) is 5.62. The van der Waals surface area contributed by atoms with Crippen molar-refractivity contribution in [2.24, 2.45) is 0 Å². The van der Waals surface area contributed by atoms with Crippen LogP contribution in [0.3, 0.4) is 0 Å². The lowest BCUT2D eigenvalue weighted by Crippen LogP contribution is -1.99. The quantitative estimate of drug-likeness (QED) is 0.538. The van der Waals surface area contributed by atoms with E-state index in [2.05, 4.69) is 6.92 Å². The van der Waals surface area contributed by atoms with E-state index in [-0.39, 0.29) is 0 Å². The Kier molecular flexibility index (Phi) is 6.53. The first-order valence-corrected chi connectivity index (χ1v) is 6.73. The first-order valence-electron chi connectivity index (χ1n) is 6.73. The molecule has 0 bridgehead atoms. The first kappa shape index (κ1) is 13.9. The molecule has 0 radical (unpaired) electrons. The molecule has 2 heteroatoms. The summed E-state index contributed by atoms with van der Waals surface area (Å²) in [6.07, 6.45) is 7.77. The van der Waals surface area contributed by atoms with Crippen LogP contribution in [0, 0.1) is 6.92 Å². The number of aryl methyl sites for hydroxylation is 1. The smallest absolute Gasteiger partial charge is 0.122 e. The normalized spacial score (nSPS) is 10.5. The van der Waals surface area contributed by atoms with E-state index >= 15 is 0 Å². The summed E-state index contributed by atoms with van der Waals surface area (Å²) in [5, 5.41) is 0. The van der Waals surface area contributed by atoms with Gasteiger partial charge in [0.15, 0.2) is 0 Å². The third-order valence-corrected chi connectivity index (χ3v) is 2.95. The molecule has 0 amide bonds. The minimum Gasteiger partial charge on any atom is -0.493 e. The monoisotopic (exact) mass is 235 g/mol. The molecule has 17 heavy (non-hydrogen) atoms. The van der Waals surface area contributed by atoms with Gasteiger partial charge in [0.25, 0.3) is 0 Å². The molecule has 0 saturated carbocycles. The zero-order chi connectivity index (χ0) is 12.5. The largest absolute Gasteiger partial charge is 0.493 e. The standard InChI is InChI=1S/C15H25NO/c1-3-4-5-6-7-8-11-17-15-10-9-14(16)12-13(15)2/h9-10,12H,3-8,11,16H2,1-2H3. The molecule has 0 aliphatic carbocycles. The first-order chi connectivity index (χ1) is 8.24. The second-order valence-corrected chi connectivity index (χ2v) is 4.64. The molecule has 1 aromatic rings. The molecule has 2 nitrogen and oxygen atoms in total. The summed E-state index contributed by atoms with van der Waals surface area (Å²) in [5.74, 6) is 0.966. The molecule has 1 rings (SSSR count). The van der Waals surface area contributed by atoms with Crippen molar-refractivity contribution >= 4 is 5.69 Å². The van der Waals surface area contributed by atoms with E-state index in [9.17, 15) is 0 Å². The minimum atomic E-state index is 0.800. The third-order valence-electron chi connectivity index (χ3n) is 2.95. The molecule has 0 spiro atoms. The zero-order valence-electron chi connectivity index (χ0n) is 11.2. The topological polar surface area (TPSA) is 35.2 Å². The number of hydrogen-bond donors (Lipinski definition) is 1. The van der Waals surface area contributed by atoms with E-state index in [1.54, 1.807) is 0 Å². The number of rotatable bonds is 8. The van der Waals surface area contributed by atoms with Crippen LogP contribution < -0.4 is 10.5 Å². The van der Waals surface area contributed by atoms with Gasteiger partial charge in [-0.25, -0.2) is 0 Å². The summed E-state index contributed by atoms with van der Waals surface area (Å²) in [5.41, 5.74) is 7.62. The number of benzene rings is 1. The number of unbranched alkanes of at least 4 members (excludes halogenated alkanes) is 5. The predicted molar refractivity (Wildman–Crippen MR) is 74.5 cm³/mol. The number of ether oxygens (including phenoxy) is 1. The van der Waals surface area contributed by atoms with E-state index in [4.69, 9.17) is 10.5 Å². The number of nitrogen functional groups attached to an aromatic ring is 1. The Hall–Kier alpha value is -1.18. The molecule has 0 unspecified atom stereocenters. The van der Waals surface area contributed by atoms with Crippen molar-refractivity contribution in [3.8, 4) is 5.75 Å². The Balaban J connectivity index is 2.14. The molecule has 0 aliphatic heterocycles. The van der Waals surface area contributed by atoms with Crippen LogP contribution in [0.5, 0.6) is 5.75 Å². The summed E-state index contributed by atoms with van der Waals surface area (Å²) in [4.78, 5) is 0. The summed E-state index contributed by atoms with van der Waals surface area (Å²) >= 11 is 0. The molecular formula is C15H25NO. The highest BCUT2D eigenvalue weighted by Crippen LogP contribution is 2.20. The zero-order valence-corrected chi connectivity index (χ0v) is 11.2. The van der Waals surface area contributed by atoms with Gasteiger partial charge in [-0.15, -0.1) is 0 Å². The molecule has 96 valence electrons. The SMILES string of the molecule is CCCCCCCCOc1ccc(N)cc1C. The molecule has 0 aliphatic rings. The molecule has 0 fully saturated rings. The highest BCUT2D eigenvalue weighted by atomic mass is 16.5. The molecule has 0 heterocycles. The lowest BCUT2D eigenvalue weighted by atomic mass is 10.1. The maximum Gasteiger partial charge on any atom is 0.122 e. The van der Waals surface area contributed by atoms with E-state index in [1.807, 2.05) is 25.1 Å². The van der Waals surface area contributed by atoms with Crippen LogP contribution in [0.15, 0.2) is 18.2 Å². The van der Waals surface area contributed by atoms with Gasteiger partial charge in [0.05, 0.1) is 6.61 Å². The van der Waals surface area contributed by atoms with Crippen molar-refractivity contribution in [1.29, 1.82) is 0 Å². The van der Waals surface area contributed by atoms with Crippen molar-refractivity contribution < 1.29 is 4.74 Å². The van der Waals surface area contributed by atoms with E-state index in [1.165, 1.54) is 32.1 Å². The van der Waals surface area contributed by atoms with Crippen molar-refractivity contribution in [1.82, 2.24) is 0 Å². The van der Waals surface area contributed by atoms with Crippen molar-refractivity contribution in [3.63, 3.8) is 0 Å². The Labute approximate surface area is 105 Å². The minimum absolute atomic E-state index is 0.800. The van der Waals surface area contributed by atoms with Gasteiger partial charge in [0.1, 0.15) is 5.75 Å². The van der Waals surface area contributed by atoms with Gasteiger partial charge in [-0.1, -0.05) is 39.0 Å². The molecule has 2 N–H and O–H groups in total. The van der Waals surface area contributed by atoms with Crippen LogP contribution in [-0.2, 0) is 0 Å². The summed E-state index contributed by atoms with van der Waals surface area (Å²) < 4.78 is 5.74. The van der Waals surface area contributed by atoms with Crippen LogP contribution in [0.1, 0.15) is 51.0 Å². The van der Waals surface area contributed by atoms with Crippen LogP contribution in [-0.4, -0.2) is 6.61 Å². The van der Waals surface area contributed by atoms with Crippen molar-refractivity contribution in [2.45, 2.75) is 52.4 Å². The highest BCUT2D eigenvalue weighted by molar-refractivity contribution is 5.47. The maximum absolute atomic E-state index is 5.74. The Morgan fingerprint density at radius 1 is 1.06 bits per heavy atom. The van der Waals surface area contributed by atoms with Crippen molar-refractivity contribution in [3.05, 3.63) is 23.8 Å². The predicted octanol–water partition coefficient (Wildman–Crippen LogP) is 4.32. The lowest BCUT2D eigenvalue weighted by Gasteiger charge is -2.09. The summed E-state index contributed by atoms with van der Waals surface area (Å²) in [7, 11) is 0. The average molecular weight is 235 g/mol. The second-order valence-electron chi connectivity index (χ2n) is 4.64. The van der Waals surface area contributed by atoms with Gasteiger partial charge in [-0.05, 0) is 37.1 Å². The summed E-state index contributed by atoms with van der Waals surface area (Å²) in [6.45, 7) is 5.09. The number of hydrogen-bond acceptors (Lipinski definition) is 2. The van der Waals surface area contributed by atoms with E-state index in [0.29, 0.717) is 0 Å². The molecule has 0 saturated heterocycles. The van der Waals surface area contributed by atoms with Crippen LogP contribution in [0.4, 0.5) is 5.69 Å². The second kappa shape index (κ2) is 7.99. The Bertz CT molecular complexity index is 323. The molecule has 0 aromatic heterocycles. The number of nitrogens with two attached hydrogens (primary N) is 1. The highest BCUT2D eigenvalue weighted by Gasteiger charge is 1.99. The average Bonchev–Trinajstić information content (AvgIpc) is 2.30. The molecular weight excluding hydrogens is 210 g/mol. The summed E-state index contributed by atoms with van der Waals surface area (Å²) in [6, 6.07) is 5.81. The van der Waals surface area contributed by atoms with Crippen LogP contribution in [0.25, 0.3) is 0 Å². The Morgan fingerprint density at radius 3 is 2.47 bits per heavy atom. The fraction of sp³-hybridized carbons (Fsp3) is 0.600. The van der Waals surface area contributed by atoms with Crippen LogP contribution >= 0.6 is 0 Å². The van der Waals surface area contributed by atoms with Crippen molar-refractivity contribution in [2.75, 3.05) is 12.3 Å². The van der Waals surface area contributed by atoms with Gasteiger partial charge >= 0.3 is 0 Å². The van der Waals surface area contributed by atoms with Gasteiger partial charge in [-0.2, -0.15) is 0 Å². The van der Waals surface area contributed by atoms with Gasteiger partial charge in [0, 0.05) is 5.69 Å². The molecule has 0 atom stereocenters. The maximum atomic E-state index is 5.74. The fourth-order valence-electron chi connectivity index (χ4n) is 1.90. The Morgan fingerprint density at radius 2 is 1.76 bits per heavy atom. The van der Waals surface area contributed by atoms with Gasteiger partial charge in [-0.3, -0.25) is 0 Å². The fourth-order valence-corrected chi connectivity index (χ4v) is 1.90. The van der Waals surface area contributed by atoms with E-state index < -0.39 is 0 Å². The van der Waals surface area contributed by atoms with E-state index in [0.717, 1.165) is 30.0 Å². The number of anilines is 1. The van der Waals surface area contributed by atoms with Gasteiger partial charge in [0.2, 0.25) is 0 Å². The van der Waals surface area contributed by atoms with Gasteiger partial charge < -0.3 is 10.5 Å².